The molecule has 0 saturated carbocycles. The molecule has 2 aromatic heterocycles. The van der Waals surface area contributed by atoms with Gasteiger partial charge in [0, 0.05) is 36.5 Å². The molecule has 0 bridgehead atoms. The Hall–Kier alpha value is -1.60. The molecule has 0 atom stereocenters. The van der Waals surface area contributed by atoms with Crippen LogP contribution in [0.4, 0.5) is 0 Å². The van der Waals surface area contributed by atoms with E-state index in [2.05, 4.69) is 31.0 Å². The van der Waals surface area contributed by atoms with Crippen LogP contribution in [0.1, 0.15) is 36.0 Å². The number of aromatic nitrogens is 3. The summed E-state index contributed by atoms with van der Waals surface area (Å²) in [6, 6.07) is 8.07. The minimum Gasteiger partial charge on any atom is -0.444 e. The smallest absolute Gasteiger partial charge is 0.199 e. The van der Waals surface area contributed by atoms with Crippen LogP contribution in [0.3, 0.4) is 0 Å². The van der Waals surface area contributed by atoms with Gasteiger partial charge in [0.15, 0.2) is 5.22 Å². The molecule has 1 saturated heterocycles. The lowest BCUT2D eigenvalue weighted by atomic mass is 9.95. The van der Waals surface area contributed by atoms with Crippen molar-refractivity contribution in [2.75, 3.05) is 19.6 Å². The van der Waals surface area contributed by atoms with Crippen LogP contribution in [0.5, 0.6) is 0 Å². The number of piperidine rings is 1. The van der Waals surface area contributed by atoms with Crippen LogP contribution in [0.15, 0.2) is 28.7 Å². The van der Waals surface area contributed by atoms with E-state index in [-0.39, 0.29) is 12.4 Å². The monoisotopic (exact) mass is 407 g/mol. The maximum atomic E-state index is 6.36. The van der Waals surface area contributed by atoms with Gasteiger partial charge in [0.25, 0.3) is 0 Å². The number of para-hydroxylation sites is 1. The fourth-order valence-electron chi connectivity index (χ4n) is 4.21. The van der Waals surface area contributed by atoms with Crippen molar-refractivity contribution in [3.63, 3.8) is 0 Å². The molecule has 1 N–H and O–H groups in total. The lowest BCUT2D eigenvalue weighted by molar-refractivity contribution is 0.199. The highest BCUT2D eigenvalue weighted by Crippen LogP contribution is 2.33. The van der Waals surface area contributed by atoms with Crippen molar-refractivity contribution in [2.45, 2.75) is 38.4 Å². The first-order valence-electron chi connectivity index (χ1n) is 9.30. The first kappa shape index (κ1) is 18.7. The lowest BCUT2D eigenvalue weighted by Crippen LogP contribution is -2.34. The molecule has 2 aliphatic heterocycles. The molecule has 27 heavy (non-hydrogen) atoms. The molecule has 0 radical (unpaired) electrons. The number of hydrogen-bond acceptors (Lipinski definition) is 5. The predicted molar refractivity (Wildman–Crippen MR) is 107 cm³/mol. The van der Waals surface area contributed by atoms with E-state index in [0.717, 1.165) is 74.5 Å². The second-order valence-electron chi connectivity index (χ2n) is 7.20. The molecule has 0 unspecified atom stereocenters. The van der Waals surface area contributed by atoms with Crippen molar-refractivity contribution in [3.05, 3.63) is 46.7 Å². The Morgan fingerprint density at radius 1 is 1.15 bits per heavy atom. The van der Waals surface area contributed by atoms with Gasteiger partial charge in [0.05, 0.1) is 6.54 Å². The van der Waals surface area contributed by atoms with Crippen molar-refractivity contribution in [1.82, 2.24) is 25.0 Å². The van der Waals surface area contributed by atoms with E-state index in [9.17, 15) is 0 Å². The van der Waals surface area contributed by atoms with E-state index in [1.807, 2.05) is 18.2 Å². The maximum absolute atomic E-state index is 6.36. The normalized spacial score (nSPS) is 18.4. The molecule has 0 amide bonds. The molecular formula is C19H23Cl2N5O. The first-order chi connectivity index (χ1) is 12.8. The Bertz CT molecular complexity index is 929. The SMILES string of the molecule is Cl.Clc1oc2ccccc2c1CN1CCC(c2nnc3n2CCNC3)CC1. The Kier molecular flexibility index (Phi) is 5.41. The van der Waals surface area contributed by atoms with E-state index in [1.165, 1.54) is 5.82 Å². The molecule has 0 aliphatic carbocycles. The summed E-state index contributed by atoms with van der Waals surface area (Å²) in [5, 5.41) is 13.9. The molecule has 0 spiro atoms. The van der Waals surface area contributed by atoms with E-state index >= 15 is 0 Å². The van der Waals surface area contributed by atoms with Crippen LogP contribution in [-0.2, 0) is 19.6 Å². The van der Waals surface area contributed by atoms with Crippen LogP contribution in [0.2, 0.25) is 5.22 Å². The molecule has 1 fully saturated rings. The molecular weight excluding hydrogens is 385 g/mol. The third-order valence-electron chi connectivity index (χ3n) is 5.63. The number of halogens is 2. The fourth-order valence-corrected chi connectivity index (χ4v) is 4.45. The number of nitrogens with zero attached hydrogens (tertiary/aromatic N) is 4. The molecule has 5 rings (SSSR count). The summed E-state index contributed by atoms with van der Waals surface area (Å²) in [6.45, 7) is 5.74. The highest BCUT2D eigenvalue weighted by atomic mass is 35.5. The third kappa shape index (κ3) is 3.47. The predicted octanol–water partition coefficient (Wildman–Crippen LogP) is 3.58. The number of benzene rings is 1. The number of rotatable bonds is 3. The summed E-state index contributed by atoms with van der Waals surface area (Å²) in [5.41, 5.74) is 1.97. The summed E-state index contributed by atoms with van der Waals surface area (Å²) < 4.78 is 8.01. The summed E-state index contributed by atoms with van der Waals surface area (Å²) in [6.07, 6.45) is 2.22. The van der Waals surface area contributed by atoms with Gasteiger partial charge in [-0.15, -0.1) is 22.6 Å². The van der Waals surface area contributed by atoms with Crippen LogP contribution in [0.25, 0.3) is 11.0 Å². The van der Waals surface area contributed by atoms with Crippen LogP contribution in [0, 0.1) is 0 Å². The molecule has 6 nitrogen and oxygen atoms in total. The summed E-state index contributed by atoms with van der Waals surface area (Å²) in [7, 11) is 0. The van der Waals surface area contributed by atoms with Crippen LogP contribution >= 0.6 is 24.0 Å². The van der Waals surface area contributed by atoms with E-state index in [0.29, 0.717) is 11.1 Å². The zero-order chi connectivity index (χ0) is 17.5. The average molecular weight is 408 g/mol. The average Bonchev–Trinajstić information content (AvgIpc) is 3.24. The molecule has 144 valence electrons. The van der Waals surface area contributed by atoms with Gasteiger partial charge in [-0.1, -0.05) is 18.2 Å². The lowest BCUT2D eigenvalue weighted by Gasteiger charge is -2.32. The van der Waals surface area contributed by atoms with Gasteiger partial charge >= 0.3 is 0 Å². The van der Waals surface area contributed by atoms with Crippen LogP contribution in [-0.4, -0.2) is 39.3 Å². The van der Waals surface area contributed by atoms with Crippen molar-refractivity contribution >= 4 is 35.0 Å². The zero-order valence-corrected chi connectivity index (χ0v) is 16.6. The highest BCUT2D eigenvalue weighted by Gasteiger charge is 2.27. The number of nitrogens with one attached hydrogen (secondary N) is 1. The Labute approximate surface area is 169 Å². The van der Waals surface area contributed by atoms with Gasteiger partial charge in [0.2, 0.25) is 0 Å². The van der Waals surface area contributed by atoms with Crippen molar-refractivity contribution in [3.8, 4) is 0 Å². The van der Waals surface area contributed by atoms with Crippen molar-refractivity contribution in [2.24, 2.45) is 0 Å². The largest absolute Gasteiger partial charge is 0.444 e. The Morgan fingerprint density at radius 3 is 2.81 bits per heavy atom. The minimum absolute atomic E-state index is 0. The number of likely N-dealkylation sites (tertiary alicyclic amines) is 1. The van der Waals surface area contributed by atoms with E-state index in [1.54, 1.807) is 0 Å². The number of fused-ring (bicyclic) bond motifs is 2. The van der Waals surface area contributed by atoms with Crippen molar-refractivity contribution in [1.29, 1.82) is 0 Å². The summed E-state index contributed by atoms with van der Waals surface area (Å²) >= 11 is 6.36. The molecule has 3 aromatic rings. The molecule has 4 heterocycles. The highest BCUT2D eigenvalue weighted by molar-refractivity contribution is 6.30. The molecule has 2 aliphatic rings. The zero-order valence-electron chi connectivity index (χ0n) is 15.0. The maximum Gasteiger partial charge on any atom is 0.199 e. The first-order valence-corrected chi connectivity index (χ1v) is 9.68. The van der Waals surface area contributed by atoms with Gasteiger partial charge in [-0.05, 0) is 43.6 Å². The third-order valence-corrected chi connectivity index (χ3v) is 5.94. The van der Waals surface area contributed by atoms with E-state index < -0.39 is 0 Å². The Morgan fingerprint density at radius 2 is 1.96 bits per heavy atom. The number of furan rings is 1. The standard InChI is InChI=1S/C19H22ClN5O.ClH/c20-18-15(14-3-1-2-4-16(14)26-18)12-24-8-5-13(6-9-24)19-23-22-17-11-21-7-10-25(17)19;/h1-4,13,21H,5-12H2;1H. The fraction of sp³-hybridized carbons (Fsp3) is 0.474. The van der Waals surface area contributed by atoms with Gasteiger partial charge in [-0.25, -0.2) is 0 Å². The van der Waals surface area contributed by atoms with E-state index in [4.69, 9.17) is 16.0 Å². The summed E-state index contributed by atoms with van der Waals surface area (Å²) in [5.74, 6) is 2.75. The number of hydrogen-bond donors (Lipinski definition) is 1. The van der Waals surface area contributed by atoms with Gasteiger partial charge in [-0.2, -0.15) is 0 Å². The Balaban J connectivity index is 0.00000180. The minimum atomic E-state index is 0. The summed E-state index contributed by atoms with van der Waals surface area (Å²) in [4.78, 5) is 2.47. The van der Waals surface area contributed by atoms with Gasteiger partial charge in [-0.3, -0.25) is 4.90 Å². The topological polar surface area (TPSA) is 59.1 Å². The van der Waals surface area contributed by atoms with Gasteiger partial charge < -0.3 is 14.3 Å². The molecule has 1 aromatic carbocycles. The van der Waals surface area contributed by atoms with Crippen LogP contribution < -0.4 is 5.32 Å². The van der Waals surface area contributed by atoms with Gasteiger partial charge in [0.1, 0.15) is 17.2 Å². The second-order valence-corrected chi connectivity index (χ2v) is 7.55. The quantitative estimate of drug-likeness (QED) is 0.718. The second kappa shape index (κ2) is 7.80. The molecule has 8 heteroatoms. The van der Waals surface area contributed by atoms with Crippen molar-refractivity contribution < 1.29 is 4.42 Å².